The number of carbonyl (C=O) groups excluding carboxylic acids is 1. The summed E-state index contributed by atoms with van der Waals surface area (Å²) >= 11 is 0. The standard InChI is InChI=1S/C22H22F9N5O/c1-36(2)17-16(22(29,30)31)10-32-19(35-17)34-15-5-3-14(4-6-15)33-18(37)11-7-12(20(23,24)25)9-13(8-11)21(26,27)28/h7-10,14-15H,3-6H2,1-2H3,(H,33,37)(H,32,34,35). The van der Waals surface area contributed by atoms with Crippen molar-refractivity contribution in [3.8, 4) is 0 Å². The Balaban J connectivity index is 1.65. The summed E-state index contributed by atoms with van der Waals surface area (Å²) < 4.78 is 118. The number of anilines is 2. The van der Waals surface area contributed by atoms with Crippen LogP contribution in [0.1, 0.15) is 52.7 Å². The number of rotatable bonds is 5. The van der Waals surface area contributed by atoms with E-state index in [1.54, 1.807) is 0 Å². The van der Waals surface area contributed by atoms with Crippen molar-refractivity contribution < 1.29 is 44.3 Å². The molecule has 1 aliphatic rings. The van der Waals surface area contributed by atoms with Crippen molar-refractivity contribution in [3.63, 3.8) is 0 Å². The van der Waals surface area contributed by atoms with Crippen LogP contribution in [0.4, 0.5) is 51.3 Å². The molecule has 1 fully saturated rings. The monoisotopic (exact) mass is 543 g/mol. The second kappa shape index (κ2) is 10.2. The Hall–Kier alpha value is -3.26. The normalized spacial score (nSPS) is 18.9. The van der Waals surface area contributed by atoms with E-state index >= 15 is 0 Å². The highest BCUT2D eigenvalue weighted by molar-refractivity contribution is 5.94. The molecule has 3 rings (SSSR count). The first-order chi connectivity index (χ1) is 16.9. The Bertz CT molecular complexity index is 1090. The molecule has 6 nitrogen and oxygen atoms in total. The maximum Gasteiger partial charge on any atom is 0.421 e. The fourth-order valence-electron chi connectivity index (χ4n) is 3.90. The molecule has 2 aromatic rings. The average molecular weight is 543 g/mol. The van der Waals surface area contributed by atoms with Gasteiger partial charge in [0.05, 0.1) is 11.1 Å². The van der Waals surface area contributed by atoms with E-state index in [0.29, 0.717) is 44.0 Å². The van der Waals surface area contributed by atoms with Crippen molar-refractivity contribution in [3.05, 3.63) is 46.6 Å². The maximum atomic E-state index is 13.2. The Morgan fingerprint density at radius 2 is 1.35 bits per heavy atom. The summed E-state index contributed by atoms with van der Waals surface area (Å²) in [6, 6.07) is -0.131. The molecule has 1 heterocycles. The number of nitrogens with zero attached hydrogens (tertiary/aromatic N) is 3. The topological polar surface area (TPSA) is 70.2 Å². The van der Waals surface area contributed by atoms with Gasteiger partial charge in [-0.15, -0.1) is 0 Å². The van der Waals surface area contributed by atoms with E-state index in [4.69, 9.17) is 0 Å². The summed E-state index contributed by atoms with van der Waals surface area (Å²) in [6.45, 7) is 0. The first-order valence-electron chi connectivity index (χ1n) is 10.9. The van der Waals surface area contributed by atoms with Crippen molar-refractivity contribution in [1.82, 2.24) is 15.3 Å². The van der Waals surface area contributed by atoms with Crippen molar-refractivity contribution in [2.75, 3.05) is 24.3 Å². The predicted molar refractivity (Wildman–Crippen MR) is 115 cm³/mol. The Morgan fingerprint density at radius 1 is 0.838 bits per heavy atom. The summed E-state index contributed by atoms with van der Waals surface area (Å²) in [4.78, 5) is 21.3. The first-order valence-corrected chi connectivity index (χ1v) is 10.9. The molecule has 15 heteroatoms. The quantitative estimate of drug-likeness (QED) is 0.470. The number of halogens is 9. The largest absolute Gasteiger partial charge is 0.421 e. The summed E-state index contributed by atoms with van der Waals surface area (Å²) in [6.07, 6.45) is -12.7. The third kappa shape index (κ3) is 7.16. The highest BCUT2D eigenvalue weighted by atomic mass is 19.4. The molecule has 204 valence electrons. The van der Waals surface area contributed by atoms with Gasteiger partial charge in [0.25, 0.3) is 5.91 Å². The zero-order chi connectivity index (χ0) is 27.8. The molecule has 0 aliphatic heterocycles. The third-order valence-corrected chi connectivity index (χ3v) is 5.74. The van der Waals surface area contributed by atoms with E-state index in [9.17, 15) is 44.3 Å². The van der Waals surface area contributed by atoms with Gasteiger partial charge in [-0.1, -0.05) is 0 Å². The fraction of sp³-hybridized carbons (Fsp3) is 0.500. The van der Waals surface area contributed by atoms with E-state index in [0.717, 1.165) is 0 Å². The van der Waals surface area contributed by atoms with E-state index in [2.05, 4.69) is 20.6 Å². The second-order valence-electron chi connectivity index (χ2n) is 8.78. The van der Waals surface area contributed by atoms with Crippen LogP contribution in [0.2, 0.25) is 0 Å². The van der Waals surface area contributed by atoms with Crippen LogP contribution in [0, 0.1) is 0 Å². The smallest absolute Gasteiger partial charge is 0.362 e. The lowest BCUT2D eigenvalue weighted by Crippen LogP contribution is -2.40. The van der Waals surface area contributed by atoms with Crippen LogP contribution in [0.5, 0.6) is 0 Å². The zero-order valence-electron chi connectivity index (χ0n) is 19.4. The number of hydrogen-bond acceptors (Lipinski definition) is 5. The summed E-state index contributed by atoms with van der Waals surface area (Å²) in [5, 5.41) is 5.39. The molecular formula is C22H22F9N5O. The molecule has 0 saturated heterocycles. The van der Waals surface area contributed by atoms with Gasteiger partial charge in [0.15, 0.2) is 0 Å². The number of hydrogen-bond donors (Lipinski definition) is 2. The van der Waals surface area contributed by atoms with Gasteiger partial charge in [0.1, 0.15) is 11.4 Å². The molecule has 0 unspecified atom stereocenters. The summed E-state index contributed by atoms with van der Waals surface area (Å²) in [5.74, 6) is -1.44. The molecule has 1 amide bonds. The van der Waals surface area contributed by atoms with Crippen molar-refractivity contribution >= 4 is 17.7 Å². The minimum atomic E-state index is -5.08. The lowest BCUT2D eigenvalue weighted by molar-refractivity contribution is -0.143. The van der Waals surface area contributed by atoms with E-state index < -0.39 is 52.7 Å². The molecule has 0 atom stereocenters. The van der Waals surface area contributed by atoms with E-state index in [1.807, 2.05) is 0 Å². The van der Waals surface area contributed by atoms with Crippen molar-refractivity contribution in [2.24, 2.45) is 0 Å². The van der Waals surface area contributed by atoms with E-state index in [-0.39, 0.29) is 23.9 Å². The van der Waals surface area contributed by atoms with Crippen LogP contribution < -0.4 is 15.5 Å². The van der Waals surface area contributed by atoms with Gasteiger partial charge in [-0.2, -0.15) is 44.5 Å². The molecule has 1 saturated carbocycles. The lowest BCUT2D eigenvalue weighted by Gasteiger charge is -2.30. The molecule has 1 aromatic carbocycles. The summed E-state index contributed by atoms with van der Waals surface area (Å²) in [7, 11) is 2.80. The molecule has 1 aromatic heterocycles. The number of benzene rings is 1. The van der Waals surface area contributed by atoms with Crippen LogP contribution in [0.25, 0.3) is 0 Å². The number of amides is 1. The minimum Gasteiger partial charge on any atom is -0.362 e. The minimum absolute atomic E-state index is 0.0344. The SMILES string of the molecule is CN(C)c1nc(NC2CCC(NC(=O)c3cc(C(F)(F)F)cc(C(F)(F)F)c3)CC2)ncc1C(F)(F)F. The van der Waals surface area contributed by atoms with Gasteiger partial charge in [-0.25, -0.2) is 4.98 Å². The zero-order valence-corrected chi connectivity index (χ0v) is 19.4. The van der Waals surface area contributed by atoms with Gasteiger partial charge in [0, 0.05) is 37.9 Å². The Kier molecular flexibility index (Phi) is 7.84. The fourth-order valence-corrected chi connectivity index (χ4v) is 3.90. The Morgan fingerprint density at radius 3 is 1.81 bits per heavy atom. The average Bonchev–Trinajstić information content (AvgIpc) is 2.78. The highest BCUT2D eigenvalue weighted by Crippen LogP contribution is 2.37. The van der Waals surface area contributed by atoms with Crippen molar-refractivity contribution in [2.45, 2.75) is 56.3 Å². The van der Waals surface area contributed by atoms with Crippen LogP contribution >= 0.6 is 0 Å². The lowest BCUT2D eigenvalue weighted by atomic mass is 9.91. The molecule has 1 aliphatic carbocycles. The molecule has 37 heavy (non-hydrogen) atoms. The number of alkyl halides is 9. The molecule has 0 spiro atoms. The van der Waals surface area contributed by atoms with Gasteiger partial charge < -0.3 is 15.5 Å². The molecule has 0 radical (unpaired) electrons. The number of aromatic nitrogens is 2. The van der Waals surface area contributed by atoms with Gasteiger partial charge in [-0.05, 0) is 43.9 Å². The van der Waals surface area contributed by atoms with Crippen LogP contribution in [-0.2, 0) is 18.5 Å². The van der Waals surface area contributed by atoms with Gasteiger partial charge >= 0.3 is 18.5 Å². The Labute approximate surface area is 205 Å². The van der Waals surface area contributed by atoms with Crippen LogP contribution in [0.3, 0.4) is 0 Å². The molecule has 0 bridgehead atoms. The molecular weight excluding hydrogens is 521 g/mol. The van der Waals surface area contributed by atoms with Crippen molar-refractivity contribution in [1.29, 1.82) is 0 Å². The van der Waals surface area contributed by atoms with Gasteiger partial charge in [0.2, 0.25) is 5.95 Å². The van der Waals surface area contributed by atoms with Gasteiger partial charge in [-0.3, -0.25) is 4.79 Å². The predicted octanol–water partition coefficient (Wildman–Crippen LogP) is 5.75. The van der Waals surface area contributed by atoms with Crippen LogP contribution in [0.15, 0.2) is 24.4 Å². The van der Waals surface area contributed by atoms with Crippen LogP contribution in [-0.4, -0.2) is 42.1 Å². The number of carbonyl (C=O) groups is 1. The summed E-state index contributed by atoms with van der Waals surface area (Å²) in [5.41, 5.74) is -4.95. The maximum absolute atomic E-state index is 13.2. The first kappa shape index (κ1) is 28.3. The number of nitrogens with one attached hydrogen (secondary N) is 2. The second-order valence-corrected chi connectivity index (χ2v) is 8.78. The highest BCUT2D eigenvalue weighted by Gasteiger charge is 2.38. The third-order valence-electron chi connectivity index (χ3n) is 5.74. The van der Waals surface area contributed by atoms with E-state index in [1.165, 1.54) is 19.0 Å². The molecule has 2 N–H and O–H groups in total.